The van der Waals surface area contributed by atoms with E-state index in [1.807, 2.05) is 0 Å². The molecule has 0 spiro atoms. The predicted molar refractivity (Wildman–Crippen MR) is 40.7 cm³/mol. The van der Waals surface area contributed by atoms with Crippen LogP contribution in [0.3, 0.4) is 0 Å². The quantitative estimate of drug-likeness (QED) is 0.494. The van der Waals surface area contributed by atoms with Crippen molar-refractivity contribution in [1.29, 1.82) is 0 Å². The van der Waals surface area contributed by atoms with Gasteiger partial charge < -0.3 is 4.74 Å². The molecule has 2 rings (SSSR count). The summed E-state index contributed by atoms with van der Waals surface area (Å²) in [5.74, 6) is 0.671. The summed E-state index contributed by atoms with van der Waals surface area (Å²) in [5, 5.41) is 0. The third-order valence-electron chi connectivity index (χ3n) is 2.30. The monoisotopic (exact) mass is 136 g/mol. The molecule has 1 heteroatoms. The van der Waals surface area contributed by atoms with Crippen LogP contribution in [0.15, 0.2) is 23.8 Å². The van der Waals surface area contributed by atoms with Gasteiger partial charge in [0.15, 0.2) is 0 Å². The molecule has 1 aliphatic heterocycles. The van der Waals surface area contributed by atoms with Crippen LogP contribution in [0.2, 0.25) is 0 Å². The van der Waals surface area contributed by atoms with E-state index < -0.39 is 0 Å². The fraction of sp³-hybridized carbons (Fsp3) is 0.556. The molecule has 0 unspecified atom stereocenters. The summed E-state index contributed by atoms with van der Waals surface area (Å²) in [4.78, 5) is 0. The molecule has 0 aromatic rings. The lowest BCUT2D eigenvalue weighted by Gasteiger charge is -2.18. The first kappa shape index (κ1) is 6.17. The summed E-state index contributed by atoms with van der Waals surface area (Å²) in [6.45, 7) is 3.08. The second kappa shape index (κ2) is 2.24. The van der Waals surface area contributed by atoms with Crippen molar-refractivity contribution in [1.82, 2.24) is 0 Å². The fourth-order valence-electron chi connectivity index (χ4n) is 1.72. The van der Waals surface area contributed by atoms with Crippen LogP contribution in [0.5, 0.6) is 0 Å². The zero-order chi connectivity index (χ0) is 6.97. The van der Waals surface area contributed by atoms with Gasteiger partial charge in [-0.3, -0.25) is 0 Å². The Morgan fingerprint density at radius 1 is 1.60 bits per heavy atom. The molecule has 1 saturated heterocycles. The van der Waals surface area contributed by atoms with E-state index in [-0.39, 0.29) is 0 Å². The van der Waals surface area contributed by atoms with Gasteiger partial charge in [-0.05, 0) is 18.9 Å². The number of allylic oxidation sites excluding steroid dienone is 2. The van der Waals surface area contributed by atoms with Crippen LogP contribution in [0, 0.1) is 5.92 Å². The average Bonchev–Trinajstić information content (AvgIpc) is 2.36. The molecule has 0 aromatic carbocycles. The van der Waals surface area contributed by atoms with Gasteiger partial charge in [-0.25, -0.2) is 0 Å². The maximum atomic E-state index is 5.55. The van der Waals surface area contributed by atoms with Gasteiger partial charge in [-0.1, -0.05) is 18.2 Å². The Balaban J connectivity index is 2.24. The SMILES string of the molecule is CC1=CC=C[C@H]2CCO[C@@H]12. The van der Waals surface area contributed by atoms with E-state index in [2.05, 4.69) is 25.2 Å². The number of hydrogen-bond acceptors (Lipinski definition) is 1. The first-order chi connectivity index (χ1) is 4.88. The van der Waals surface area contributed by atoms with Crippen LogP contribution in [0.1, 0.15) is 13.3 Å². The van der Waals surface area contributed by atoms with Crippen molar-refractivity contribution >= 4 is 0 Å². The Hall–Kier alpha value is -0.560. The smallest absolute Gasteiger partial charge is 0.0848 e. The third-order valence-corrected chi connectivity index (χ3v) is 2.30. The number of rotatable bonds is 0. The largest absolute Gasteiger partial charge is 0.373 e. The van der Waals surface area contributed by atoms with Gasteiger partial charge in [-0.15, -0.1) is 0 Å². The number of fused-ring (bicyclic) bond motifs is 1. The second-order valence-electron chi connectivity index (χ2n) is 3.04. The summed E-state index contributed by atoms with van der Waals surface area (Å²) in [7, 11) is 0. The van der Waals surface area contributed by atoms with Gasteiger partial charge in [0, 0.05) is 12.5 Å². The van der Waals surface area contributed by atoms with Crippen LogP contribution in [0.4, 0.5) is 0 Å². The minimum Gasteiger partial charge on any atom is -0.373 e. The van der Waals surface area contributed by atoms with Crippen LogP contribution in [0.25, 0.3) is 0 Å². The van der Waals surface area contributed by atoms with Crippen molar-refractivity contribution in [3.63, 3.8) is 0 Å². The lowest BCUT2D eigenvalue weighted by atomic mass is 9.92. The van der Waals surface area contributed by atoms with Crippen molar-refractivity contribution < 1.29 is 4.74 Å². The van der Waals surface area contributed by atoms with Gasteiger partial charge in [0.1, 0.15) is 0 Å². The molecular weight excluding hydrogens is 124 g/mol. The lowest BCUT2D eigenvalue weighted by Crippen LogP contribution is -2.17. The normalized spacial score (nSPS) is 37.5. The van der Waals surface area contributed by atoms with E-state index in [0.717, 1.165) is 6.61 Å². The van der Waals surface area contributed by atoms with Crippen LogP contribution >= 0.6 is 0 Å². The van der Waals surface area contributed by atoms with Crippen molar-refractivity contribution in [3.8, 4) is 0 Å². The molecule has 0 aromatic heterocycles. The Bertz CT molecular complexity index is 191. The molecule has 1 heterocycles. The van der Waals surface area contributed by atoms with Gasteiger partial charge in [-0.2, -0.15) is 0 Å². The molecule has 2 aliphatic rings. The van der Waals surface area contributed by atoms with E-state index in [9.17, 15) is 0 Å². The maximum Gasteiger partial charge on any atom is 0.0848 e. The van der Waals surface area contributed by atoms with E-state index in [1.165, 1.54) is 12.0 Å². The maximum absolute atomic E-state index is 5.55. The molecule has 0 bridgehead atoms. The van der Waals surface area contributed by atoms with Crippen molar-refractivity contribution in [2.24, 2.45) is 5.92 Å². The van der Waals surface area contributed by atoms with Gasteiger partial charge in [0.2, 0.25) is 0 Å². The molecule has 10 heavy (non-hydrogen) atoms. The van der Waals surface area contributed by atoms with E-state index in [0.29, 0.717) is 12.0 Å². The number of hydrogen-bond donors (Lipinski definition) is 0. The summed E-state index contributed by atoms with van der Waals surface area (Å²) in [6.07, 6.45) is 8.15. The summed E-state index contributed by atoms with van der Waals surface area (Å²) < 4.78 is 5.55. The van der Waals surface area contributed by atoms with Gasteiger partial charge in [0.25, 0.3) is 0 Å². The highest BCUT2D eigenvalue weighted by atomic mass is 16.5. The molecular formula is C9H12O. The summed E-state index contributed by atoms with van der Waals surface area (Å²) in [5.41, 5.74) is 1.38. The van der Waals surface area contributed by atoms with Crippen LogP contribution < -0.4 is 0 Å². The van der Waals surface area contributed by atoms with E-state index in [1.54, 1.807) is 0 Å². The molecule has 0 N–H and O–H groups in total. The zero-order valence-electron chi connectivity index (χ0n) is 6.21. The summed E-state index contributed by atoms with van der Waals surface area (Å²) in [6, 6.07) is 0. The molecule has 1 nitrogen and oxygen atoms in total. The molecule has 0 amide bonds. The Morgan fingerprint density at radius 2 is 2.50 bits per heavy atom. The molecule has 0 saturated carbocycles. The standard InChI is InChI=1S/C9H12O/c1-7-3-2-4-8-5-6-10-9(7)8/h2-4,8-9H,5-6H2,1H3/t8-,9-/m0/s1. The first-order valence-corrected chi connectivity index (χ1v) is 3.84. The first-order valence-electron chi connectivity index (χ1n) is 3.84. The van der Waals surface area contributed by atoms with Gasteiger partial charge in [0.05, 0.1) is 6.10 Å². The third kappa shape index (κ3) is 0.816. The lowest BCUT2D eigenvalue weighted by molar-refractivity contribution is 0.126. The Labute approximate surface area is 61.4 Å². The van der Waals surface area contributed by atoms with Crippen molar-refractivity contribution in [3.05, 3.63) is 23.8 Å². The zero-order valence-corrected chi connectivity index (χ0v) is 6.21. The minimum absolute atomic E-state index is 0.407. The predicted octanol–water partition coefficient (Wildman–Crippen LogP) is 1.91. The van der Waals surface area contributed by atoms with Crippen LogP contribution in [-0.2, 0) is 4.74 Å². The second-order valence-corrected chi connectivity index (χ2v) is 3.04. The minimum atomic E-state index is 0.407. The Morgan fingerprint density at radius 3 is 3.30 bits per heavy atom. The highest BCUT2D eigenvalue weighted by molar-refractivity contribution is 5.24. The topological polar surface area (TPSA) is 9.23 Å². The van der Waals surface area contributed by atoms with E-state index >= 15 is 0 Å². The molecule has 0 radical (unpaired) electrons. The van der Waals surface area contributed by atoms with Crippen molar-refractivity contribution in [2.45, 2.75) is 19.4 Å². The number of ether oxygens (including phenoxy) is 1. The van der Waals surface area contributed by atoms with E-state index in [4.69, 9.17) is 4.74 Å². The highest BCUT2D eigenvalue weighted by Gasteiger charge is 2.28. The molecule has 2 atom stereocenters. The van der Waals surface area contributed by atoms with Crippen LogP contribution in [-0.4, -0.2) is 12.7 Å². The molecule has 1 aliphatic carbocycles. The molecule has 1 fully saturated rings. The Kier molecular flexibility index (Phi) is 1.38. The molecule has 54 valence electrons. The van der Waals surface area contributed by atoms with Crippen molar-refractivity contribution in [2.75, 3.05) is 6.61 Å². The average molecular weight is 136 g/mol. The van der Waals surface area contributed by atoms with Gasteiger partial charge >= 0.3 is 0 Å². The highest BCUT2D eigenvalue weighted by Crippen LogP contribution is 2.30. The summed E-state index contributed by atoms with van der Waals surface area (Å²) >= 11 is 0. The fourth-order valence-corrected chi connectivity index (χ4v) is 1.72.